The third-order valence-corrected chi connectivity index (χ3v) is 3.93. The number of hydrogen-bond acceptors (Lipinski definition) is 4. The van der Waals surface area contributed by atoms with Gasteiger partial charge in [-0.1, -0.05) is 0 Å². The van der Waals surface area contributed by atoms with Crippen molar-refractivity contribution in [2.45, 2.75) is 32.4 Å². The van der Waals surface area contributed by atoms with E-state index in [4.69, 9.17) is 4.74 Å². The molecule has 1 aromatic carbocycles. The van der Waals surface area contributed by atoms with Gasteiger partial charge >= 0.3 is 0 Å². The van der Waals surface area contributed by atoms with E-state index in [1.54, 1.807) is 25.3 Å². The average molecular weight is 265 g/mol. The minimum atomic E-state index is -0.627. The number of methoxy groups -OCH3 is 1. The lowest BCUT2D eigenvalue weighted by molar-refractivity contribution is 0.0207. The summed E-state index contributed by atoms with van der Waals surface area (Å²) in [4.78, 5) is 2.29. The maximum atomic E-state index is 10.1. The third-order valence-electron chi connectivity index (χ3n) is 3.93. The molecule has 1 aromatic rings. The summed E-state index contributed by atoms with van der Waals surface area (Å²) in [6.07, 6.45) is 1.00. The van der Waals surface area contributed by atoms with Crippen molar-refractivity contribution in [3.63, 3.8) is 0 Å². The van der Waals surface area contributed by atoms with Gasteiger partial charge in [0, 0.05) is 24.6 Å². The summed E-state index contributed by atoms with van der Waals surface area (Å²) < 4.78 is 5.32. The van der Waals surface area contributed by atoms with Crippen LogP contribution in [-0.4, -0.2) is 40.9 Å². The van der Waals surface area contributed by atoms with E-state index in [1.807, 2.05) is 13.8 Å². The van der Waals surface area contributed by atoms with E-state index in [-0.39, 0.29) is 5.75 Å². The molecular weight excluding hydrogens is 242 g/mol. The topological polar surface area (TPSA) is 52.9 Å². The highest BCUT2D eigenvalue weighted by molar-refractivity contribution is 5.39. The number of aliphatic hydroxyl groups is 1. The summed E-state index contributed by atoms with van der Waals surface area (Å²) in [5, 5.41) is 19.6. The lowest BCUT2D eigenvalue weighted by Crippen LogP contribution is -2.33. The van der Waals surface area contributed by atoms with Crippen LogP contribution in [0.15, 0.2) is 18.2 Å². The molecular formula is C15H23NO3. The van der Waals surface area contributed by atoms with Crippen molar-refractivity contribution in [3.05, 3.63) is 23.8 Å². The van der Waals surface area contributed by atoms with Crippen LogP contribution in [0.4, 0.5) is 0 Å². The standard InChI is InChI=1S/C15H23NO3/c1-15(2,18)12-6-7-16(10-12)9-11-8-13(17)4-5-14(11)19-3/h4-5,8,12,17-18H,6-7,9-10H2,1-3H3. The number of likely N-dealkylation sites (tertiary alicyclic amines) is 1. The number of benzene rings is 1. The number of phenolic OH excluding ortho intramolecular Hbond substituents is 1. The Labute approximate surface area is 114 Å². The molecule has 1 aliphatic rings. The molecule has 19 heavy (non-hydrogen) atoms. The molecule has 1 atom stereocenters. The van der Waals surface area contributed by atoms with Crippen molar-refractivity contribution in [1.29, 1.82) is 0 Å². The molecule has 0 bridgehead atoms. The van der Waals surface area contributed by atoms with Gasteiger partial charge in [0.15, 0.2) is 0 Å². The van der Waals surface area contributed by atoms with E-state index >= 15 is 0 Å². The molecule has 2 N–H and O–H groups in total. The Morgan fingerprint density at radius 2 is 2.16 bits per heavy atom. The van der Waals surface area contributed by atoms with Crippen LogP contribution >= 0.6 is 0 Å². The molecule has 1 unspecified atom stereocenters. The molecule has 0 radical (unpaired) electrons. The van der Waals surface area contributed by atoms with Crippen LogP contribution in [0.25, 0.3) is 0 Å². The largest absolute Gasteiger partial charge is 0.508 e. The summed E-state index contributed by atoms with van der Waals surface area (Å²) in [5.41, 5.74) is 0.358. The quantitative estimate of drug-likeness (QED) is 0.874. The molecule has 106 valence electrons. The normalized spacial score (nSPS) is 20.7. The first-order valence-electron chi connectivity index (χ1n) is 6.71. The number of ether oxygens (including phenoxy) is 1. The van der Waals surface area contributed by atoms with Crippen LogP contribution < -0.4 is 4.74 Å². The minimum Gasteiger partial charge on any atom is -0.508 e. The molecule has 0 aliphatic carbocycles. The summed E-state index contributed by atoms with van der Waals surface area (Å²) in [5.74, 6) is 1.36. The van der Waals surface area contributed by atoms with Crippen molar-refractivity contribution in [1.82, 2.24) is 4.90 Å². The van der Waals surface area contributed by atoms with Gasteiger partial charge in [0.2, 0.25) is 0 Å². The Morgan fingerprint density at radius 1 is 1.42 bits per heavy atom. The van der Waals surface area contributed by atoms with Gasteiger partial charge < -0.3 is 14.9 Å². The third kappa shape index (κ3) is 3.39. The monoisotopic (exact) mass is 265 g/mol. The molecule has 4 heteroatoms. The molecule has 0 saturated carbocycles. The minimum absolute atomic E-state index is 0.258. The first kappa shape index (κ1) is 14.2. The fourth-order valence-electron chi connectivity index (χ4n) is 2.68. The fraction of sp³-hybridized carbons (Fsp3) is 0.600. The van der Waals surface area contributed by atoms with Crippen LogP contribution in [0.2, 0.25) is 0 Å². The van der Waals surface area contributed by atoms with Gasteiger partial charge in [0.05, 0.1) is 12.7 Å². The zero-order valence-corrected chi connectivity index (χ0v) is 11.9. The summed E-state index contributed by atoms with van der Waals surface area (Å²) in [6, 6.07) is 5.16. The number of phenols is 1. The highest BCUT2D eigenvalue weighted by atomic mass is 16.5. The predicted molar refractivity (Wildman–Crippen MR) is 74.3 cm³/mol. The number of aromatic hydroxyl groups is 1. The lowest BCUT2D eigenvalue weighted by atomic mass is 9.90. The van der Waals surface area contributed by atoms with Gasteiger partial charge in [-0.05, 0) is 45.0 Å². The van der Waals surface area contributed by atoms with Gasteiger partial charge in [-0.15, -0.1) is 0 Å². The molecule has 1 heterocycles. The first-order valence-corrected chi connectivity index (χ1v) is 6.71. The molecule has 2 rings (SSSR count). The van der Waals surface area contributed by atoms with E-state index in [1.165, 1.54) is 0 Å². The predicted octanol–water partition coefficient (Wildman–Crippen LogP) is 1.99. The molecule has 1 aliphatic heterocycles. The van der Waals surface area contributed by atoms with Gasteiger partial charge in [0.25, 0.3) is 0 Å². The van der Waals surface area contributed by atoms with E-state index in [0.29, 0.717) is 5.92 Å². The van der Waals surface area contributed by atoms with Crippen molar-refractivity contribution >= 4 is 0 Å². The Morgan fingerprint density at radius 3 is 2.74 bits per heavy atom. The van der Waals surface area contributed by atoms with Crippen LogP contribution in [0.5, 0.6) is 11.5 Å². The van der Waals surface area contributed by atoms with Crippen molar-refractivity contribution < 1.29 is 14.9 Å². The Hall–Kier alpha value is -1.26. The SMILES string of the molecule is COc1ccc(O)cc1CN1CCC(C(C)(C)O)C1. The Bertz CT molecular complexity index is 440. The van der Waals surface area contributed by atoms with E-state index < -0.39 is 5.60 Å². The van der Waals surface area contributed by atoms with Crippen molar-refractivity contribution in [2.75, 3.05) is 20.2 Å². The Kier molecular flexibility index (Phi) is 4.02. The van der Waals surface area contributed by atoms with Crippen molar-refractivity contribution in [2.24, 2.45) is 5.92 Å². The van der Waals surface area contributed by atoms with Crippen LogP contribution in [-0.2, 0) is 6.54 Å². The second-order valence-electron chi connectivity index (χ2n) is 5.87. The second kappa shape index (κ2) is 5.39. The molecule has 0 amide bonds. The fourth-order valence-corrected chi connectivity index (χ4v) is 2.68. The second-order valence-corrected chi connectivity index (χ2v) is 5.87. The van der Waals surface area contributed by atoms with Gasteiger partial charge in [0.1, 0.15) is 11.5 Å². The summed E-state index contributed by atoms with van der Waals surface area (Å²) >= 11 is 0. The summed E-state index contributed by atoms with van der Waals surface area (Å²) in [7, 11) is 1.64. The molecule has 0 spiro atoms. The zero-order chi connectivity index (χ0) is 14.0. The maximum Gasteiger partial charge on any atom is 0.123 e. The highest BCUT2D eigenvalue weighted by Crippen LogP contribution is 2.30. The van der Waals surface area contributed by atoms with E-state index in [0.717, 1.165) is 37.4 Å². The van der Waals surface area contributed by atoms with Gasteiger partial charge in [-0.2, -0.15) is 0 Å². The number of rotatable bonds is 4. The van der Waals surface area contributed by atoms with Crippen LogP contribution in [0.1, 0.15) is 25.8 Å². The zero-order valence-electron chi connectivity index (χ0n) is 11.9. The maximum absolute atomic E-state index is 10.1. The van der Waals surface area contributed by atoms with Crippen LogP contribution in [0.3, 0.4) is 0 Å². The molecule has 1 fully saturated rings. The Balaban J connectivity index is 2.05. The molecule has 1 saturated heterocycles. The molecule has 4 nitrogen and oxygen atoms in total. The van der Waals surface area contributed by atoms with Gasteiger partial charge in [-0.3, -0.25) is 4.90 Å². The average Bonchev–Trinajstić information content (AvgIpc) is 2.77. The van der Waals surface area contributed by atoms with Gasteiger partial charge in [-0.25, -0.2) is 0 Å². The van der Waals surface area contributed by atoms with E-state index in [2.05, 4.69) is 4.90 Å². The smallest absolute Gasteiger partial charge is 0.123 e. The lowest BCUT2D eigenvalue weighted by Gasteiger charge is -2.26. The first-order chi connectivity index (χ1) is 8.90. The number of hydrogen-bond donors (Lipinski definition) is 2. The highest BCUT2D eigenvalue weighted by Gasteiger charge is 2.33. The summed E-state index contributed by atoms with van der Waals surface area (Å²) in [6.45, 7) is 6.33. The van der Waals surface area contributed by atoms with Crippen molar-refractivity contribution in [3.8, 4) is 11.5 Å². The van der Waals surface area contributed by atoms with Crippen LogP contribution in [0, 0.1) is 5.92 Å². The van der Waals surface area contributed by atoms with E-state index in [9.17, 15) is 10.2 Å². The molecule has 0 aromatic heterocycles. The number of nitrogens with zero attached hydrogens (tertiary/aromatic N) is 1.